The van der Waals surface area contributed by atoms with E-state index in [0.29, 0.717) is 5.56 Å². The average molecular weight is 368 g/mol. The van der Waals surface area contributed by atoms with Crippen LogP contribution in [-0.4, -0.2) is 35.1 Å². The van der Waals surface area contributed by atoms with Crippen LogP contribution in [0.4, 0.5) is 8.78 Å². The average Bonchev–Trinajstić information content (AvgIpc) is 2.50. The first-order valence-corrected chi connectivity index (χ1v) is 8.52. The van der Waals surface area contributed by atoms with Crippen molar-refractivity contribution in [3.8, 4) is 0 Å². The SMILES string of the molecule is C/C=C/CC(=O)NC(C)C[C@H](O)[C@H](Cc1cc(F)cc(F)c1)NC(C)=O. The molecular weight excluding hydrogens is 342 g/mol. The molecule has 0 aliphatic carbocycles. The summed E-state index contributed by atoms with van der Waals surface area (Å²) in [7, 11) is 0. The van der Waals surface area contributed by atoms with Gasteiger partial charge in [0.25, 0.3) is 0 Å². The summed E-state index contributed by atoms with van der Waals surface area (Å²) >= 11 is 0. The number of hydrogen-bond acceptors (Lipinski definition) is 3. The number of hydrogen-bond donors (Lipinski definition) is 3. The van der Waals surface area contributed by atoms with Crippen LogP contribution in [0.5, 0.6) is 0 Å². The van der Waals surface area contributed by atoms with Gasteiger partial charge in [-0.15, -0.1) is 0 Å². The lowest BCUT2D eigenvalue weighted by Crippen LogP contribution is -2.47. The molecule has 0 fully saturated rings. The van der Waals surface area contributed by atoms with Gasteiger partial charge in [0.1, 0.15) is 11.6 Å². The van der Waals surface area contributed by atoms with Crippen molar-refractivity contribution >= 4 is 11.8 Å². The van der Waals surface area contributed by atoms with E-state index >= 15 is 0 Å². The van der Waals surface area contributed by atoms with E-state index in [1.165, 1.54) is 6.92 Å². The molecule has 1 rings (SSSR count). The van der Waals surface area contributed by atoms with Gasteiger partial charge in [-0.2, -0.15) is 0 Å². The predicted molar refractivity (Wildman–Crippen MR) is 95.3 cm³/mol. The van der Waals surface area contributed by atoms with Gasteiger partial charge in [-0.3, -0.25) is 9.59 Å². The Morgan fingerprint density at radius 2 is 1.81 bits per heavy atom. The summed E-state index contributed by atoms with van der Waals surface area (Å²) in [6, 6.07) is 2.02. The minimum atomic E-state index is -0.998. The second-order valence-electron chi connectivity index (χ2n) is 6.33. The minimum absolute atomic E-state index is 0.0642. The molecule has 0 saturated heterocycles. The van der Waals surface area contributed by atoms with Crippen molar-refractivity contribution in [1.29, 1.82) is 0 Å². The Hall–Kier alpha value is -2.28. The van der Waals surface area contributed by atoms with Crippen molar-refractivity contribution in [3.05, 3.63) is 47.5 Å². The minimum Gasteiger partial charge on any atom is -0.391 e. The van der Waals surface area contributed by atoms with Gasteiger partial charge in [0.2, 0.25) is 11.8 Å². The first-order valence-electron chi connectivity index (χ1n) is 8.52. The maximum atomic E-state index is 13.4. The topological polar surface area (TPSA) is 78.4 Å². The van der Waals surface area contributed by atoms with Gasteiger partial charge in [0, 0.05) is 25.5 Å². The molecule has 0 aliphatic heterocycles. The van der Waals surface area contributed by atoms with Crippen LogP contribution in [-0.2, 0) is 16.0 Å². The number of aliphatic hydroxyl groups excluding tert-OH is 1. The lowest BCUT2D eigenvalue weighted by atomic mass is 9.96. The van der Waals surface area contributed by atoms with Crippen LogP contribution in [0.2, 0.25) is 0 Å². The fourth-order valence-corrected chi connectivity index (χ4v) is 2.67. The summed E-state index contributed by atoms with van der Waals surface area (Å²) in [5, 5.41) is 15.8. The van der Waals surface area contributed by atoms with E-state index in [4.69, 9.17) is 0 Å². The van der Waals surface area contributed by atoms with E-state index in [1.807, 2.05) is 6.92 Å². The molecule has 0 heterocycles. The summed E-state index contributed by atoms with van der Waals surface area (Å²) in [6.45, 7) is 4.85. The molecule has 1 unspecified atom stereocenters. The molecule has 0 aromatic heterocycles. The lowest BCUT2D eigenvalue weighted by molar-refractivity contribution is -0.122. The highest BCUT2D eigenvalue weighted by molar-refractivity contribution is 5.77. The Balaban J connectivity index is 2.74. The van der Waals surface area contributed by atoms with Gasteiger partial charge in [-0.25, -0.2) is 8.78 Å². The smallest absolute Gasteiger partial charge is 0.224 e. The van der Waals surface area contributed by atoms with Crippen LogP contribution in [0.25, 0.3) is 0 Å². The molecule has 3 N–H and O–H groups in total. The number of halogens is 2. The molecule has 26 heavy (non-hydrogen) atoms. The van der Waals surface area contributed by atoms with Crippen LogP contribution in [0.1, 0.15) is 39.2 Å². The van der Waals surface area contributed by atoms with E-state index in [-0.39, 0.29) is 37.1 Å². The Bertz CT molecular complexity index is 629. The van der Waals surface area contributed by atoms with Gasteiger partial charge < -0.3 is 15.7 Å². The Morgan fingerprint density at radius 1 is 1.19 bits per heavy atom. The van der Waals surface area contributed by atoms with E-state index in [0.717, 1.165) is 18.2 Å². The molecule has 5 nitrogen and oxygen atoms in total. The Kier molecular flexibility index (Phi) is 8.92. The maximum Gasteiger partial charge on any atom is 0.224 e. The van der Waals surface area contributed by atoms with Gasteiger partial charge in [-0.1, -0.05) is 12.2 Å². The zero-order chi connectivity index (χ0) is 19.7. The molecule has 1 aromatic rings. The van der Waals surface area contributed by atoms with E-state index in [9.17, 15) is 23.5 Å². The third-order valence-corrected chi connectivity index (χ3v) is 3.77. The number of aliphatic hydroxyl groups is 1. The maximum absolute atomic E-state index is 13.4. The molecule has 0 saturated carbocycles. The third-order valence-electron chi connectivity index (χ3n) is 3.77. The lowest BCUT2D eigenvalue weighted by Gasteiger charge is -2.26. The van der Waals surface area contributed by atoms with Crippen LogP contribution in [0.3, 0.4) is 0 Å². The molecular formula is C19H26F2N2O3. The second kappa shape index (κ2) is 10.7. The second-order valence-corrected chi connectivity index (χ2v) is 6.33. The Labute approximate surface area is 152 Å². The first-order chi connectivity index (χ1) is 12.2. The first kappa shape index (κ1) is 21.8. The molecule has 0 aliphatic rings. The third kappa shape index (κ3) is 8.20. The molecule has 2 amide bonds. The highest BCUT2D eigenvalue weighted by Gasteiger charge is 2.23. The molecule has 144 valence electrons. The van der Waals surface area contributed by atoms with E-state index < -0.39 is 23.8 Å². The number of carbonyl (C=O) groups excluding carboxylic acids is 2. The molecule has 0 bridgehead atoms. The molecule has 0 spiro atoms. The predicted octanol–water partition coefficient (Wildman–Crippen LogP) is 2.23. The number of benzene rings is 1. The fraction of sp³-hybridized carbons (Fsp3) is 0.474. The fourth-order valence-electron chi connectivity index (χ4n) is 2.67. The van der Waals surface area contributed by atoms with Gasteiger partial charge in [0.05, 0.1) is 12.1 Å². The highest BCUT2D eigenvalue weighted by Crippen LogP contribution is 2.14. The normalized spacial score (nSPS) is 14.7. The van der Waals surface area contributed by atoms with Crippen molar-refractivity contribution in [1.82, 2.24) is 10.6 Å². The van der Waals surface area contributed by atoms with Gasteiger partial charge in [0.15, 0.2) is 0 Å². The standard InChI is InChI=1S/C19H26F2N2O3/c1-4-5-6-19(26)22-12(2)7-18(25)17(23-13(3)24)10-14-8-15(20)11-16(21)9-14/h4-5,8-9,11-12,17-18,25H,6-7,10H2,1-3H3,(H,22,26)(H,23,24)/b5-4+/t12?,17-,18-/m0/s1. The van der Waals surface area contributed by atoms with Crippen molar-refractivity contribution in [2.24, 2.45) is 0 Å². The zero-order valence-corrected chi connectivity index (χ0v) is 15.3. The van der Waals surface area contributed by atoms with Crippen molar-refractivity contribution < 1.29 is 23.5 Å². The molecule has 0 radical (unpaired) electrons. The van der Waals surface area contributed by atoms with Gasteiger partial charge in [-0.05, 0) is 44.4 Å². The van der Waals surface area contributed by atoms with Crippen molar-refractivity contribution in [2.45, 2.75) is 58.2 Å². The largest absolute Gasteiger partial charge is 0.391 e. The number of rotatable bonds is 9. The molecule has 7 heteroatoms. The summed E-state index contributed by atoms with van der Waals surface area (Å²) in [5.41, 5.74) is 0.324. The van der Waals surface area contributed by atoms with Crippen LogP contribution in [0.15, 0.2) is 30.4 Å². The van der Waals surface area contributed by atoms with Crippen molar-refractivity contribution in [2.75, 3.05) is 0 Å². The quantitative estimate of drug-likeness (QED) is 0.585. The molecule has 3 atom stereocenters. The number of allylic oxidation sites excluding steroid dienone is 1. The monoisotopic (exact) mass is 368 g/mol. The number of carbonyl (C=O) groups is 2. The zero-order valence-electron chi connectivity index (χ0n) is 15.3. The van der Waals surface area contributed by atoms with Crippen LogP contribution in [0, 0.1) is 11.6 Å². The number of nitrogens with one attached hydrogen (secondary N) is 2. The molecule has 1 aromatic carbocycles. The van der Waals surface area contributed by atoms with Crippen molar-refractivity contribution in [3.63, 3.8) is 0 Å². The highest BCUT2D eigenvalue weighted by atomic mass is 19.1. The van der Waals surface area contributed by atoms with E-state index in [1.54, 1.807) is 19.1 Å². The van der Waals surface area contributed by atoms with Crippen LogP contribution >= 0.6 is 0 Å². The number of amides is 2. The Morgan fingerprint density at radius 3 is 2.35 bits per heavy atom. The van der Waals surface area contributed by atoms with E-state index in [2.05, 4.69) is 10.6 Å². The summed E-state index contributed by atoms with van der Waals surface area (Å²) in [6.07, 6.45) is 2.98. The summed E-state index contributed by atoms with van der Waals surface area (Å²) < 4.78 is 26.7. The van der Waals surface area contributed by atoms with Gasteiger partial charge >= 0.3 is 0 Å². The summed E-state index contributed by atoms with van der Waals surface area (Å²) in [4.78, 5) is 23.1. The summed E-state index contributed by atoms with van der Waals surface area (Å²) in [5.74, 6) is -1.98. The van der Waals surface area contributed by atoms with Crippen LogP contribution < -0.4 is 10.6 Å².